The summed E-state index contributed by atoms with van der Waals surface area (Å²) in [5, 5.41) is 9.35. The van der Waals surface area contributed by atoms with Crippen molar-refractivity contribution >= 4 is 5.97 Å². The Morgan fingerprint density at radius 2 is 1.36 bits per heavy atom. The van der Waals surface area contributed by atoms with Gasteiger partial charge in [-0.25, -0.2) is 9.18 Å². The molecule has 1 N–H and O–H groups in total. The first-order valence-electron chi connectivity index (χ1n) is 7.86. The largest absolute Gasteiger partial charge is 0.460 e. The van der Waals surface area contributed by atoms with Gasteiger partial charge in [-0.05, 0) is 25.7 Å². The summed E-state index contributed by atoms with van der Waals surface area (Å²) in [6.45, 7) is 0. The lowest BCUT2D eigenvalue weighted by molar-refractivity contribution is -0.377. The van der Waals surface area contributed by atoms with Crippen LogP contribution in [0.1, 0.15) is 32.1 Å². The van der Waals surface area contributed by atoms with E-state index in [2.05, 4.69) is 4.74 Å². The smallest absolute Gasteiger partial charge is 0.459 e. The van der Waals surface area contributed by atoms with Gasteiger partial charge in [0.15, 0.2) is 12.3 Å². The summed E-state index contributed by atoms with van der Waals surface area (Å²) in [7, 11) is 0. The van der Waals surface area contributed by atoms with Gasteiger partial charge in [-0.15, -0.1) is 0 Å². The van der Waals surface area contributed by atoms with Gasteiger partial charge in [0.05, 0.1) is 0 Å². The number of hydrogen-bond donors (Lipinski definition) is 1. The van der Waals surface area contributed by atoms with Crippen molar-refractivity contribution in [1.82, 2.24) is 0 Å². The van der Waals surface area contributed by atoms with E-state index in [1.54, 1.807) is 0 Å². The number of esters is 1. The van der Waals surface area contributed by atoms with Gasteiger partial charge >= 0.3 is 30.2 Å². The fourth-order valence-electron chi connectivity index (χ4n) is 2.66. The topological polar surface area (TPSA) is 46.5 Å². The van der Waals surface area contributed by atoms with Crippen LogP contribution < -0.4 is 0 Å². The number of aliphatic hydroxyl groups is 1. The molecule has 3 nitrogen and oxygen atoms in total. The van der Waals surface area contributed by atoms with Crippen molar-refractivity contribution < 1.29 is 62.9 Å². The predicted octanol–water partition coefficient (Wildman–Crippen LogP) is 4.57. The average Bonchev–Trinajstić information content (AvgIpc) is 2.53. The fraction of sp³-hybridized carbons (Fsp3) is 0.929. The maximum Gasteiger partial charge on any atom is 0.459 e. The van der Waals surface area contributed by atoms with Gasteiger partial charge in [-0.3, -0.25) is 0 Å². The van der Waals surface area contributed by atoms with E-state index in [-0.39, 0.29) is 12.8 Å². The lowest BCUT2D eigenvalue weighted by Gasteiger charge is -2.36. The highest BCUT2D eigenvalue weighted by Gasteiger charge is 2.78. The summed E-state index contributed by atoms with van der Waals surface area (Å²) in [5.41, 5.74) is 0. The van der Waals surface area contributed by atoms with Gasteiger partial charge in [0.2, 0.25) is 0 Å². The van der Waals surface area contributed by atoms with Crippen LogP contribution in [0.15, 0.2) is 0 Å². The molecule has 1 aliphatic carbocycles. The summed E-state index contributed by atoms with van der Waals surface area (Å²) in [4.78, 5) is 11.6. The zero-order valence-corrected chi connectivity index (χ0v) is 13.8. The molecule has 0 saturated heterocycles. The van der Waals surface area contributed by atoms with E-state index >= 15 is 0 Å². The van der Waals surface area contributed by atoms with Crippen LogP contribution in [-0.2, 0) is 9.53 Å². The van der Waals surface area contributed by atoms with E-state index in [1.165, 1.54) is 0 Å². The molecular formula is C14H15F11O3. The molecule has 14 heteroatoms. The Morgan fingerprint density at radius 1 is 0.893 bits per heavy atom. The second-order valence-electron chi connectivity index (χ2n) is 6.31. The second-order valence-corrected chi connectivity index (χ2v) is 6.31. The Labute approximate surface area is 150 Å². The maximum atomic E-state index is 13.7. The molecule has 0 aliphatic heterocycles. The van der Waals surface area contributed by atoms with Gasteiger partial charge in [-0.2, -0.15) is 43.9 Å². The first kappa shape index (κ1) is 24.7. The number of halogens is 11. The van der Waals surface area contributed by atoms with E-state index in [1.807, 2.05) is 0 Å². The van der Waals surface area contributed by atoms with Gasteiger partial charge in [-0.1, -0.05) is 6.42 Å². The zero-order chi connectivity index (χ0) is 22.1. The molecule has 0 aromatic rings. The number of carbonyl (C=O) groups is 1. The predicted molar refractivity (Wildman–Crippen MR) is 69.4 cm³/mol. The summed E-state index contributed by atoms with van der Waals surface area (Å²) in [5.74, 6) is -21.0. The number of alkyl halides is 11. The first-order chi connectivity index (χ1) is 12.4. The standard InChI is InChI=1S/C14H15F11O3/c15-9(11(16,17)13(21,22)14(23,24)25)7(12(18,19)20)8(26)10(27)28-6-4-2-1-3-5-6/h6-9,26H,1-5H2. The molecule has 1 rings (SSSR count). The van der Waals surface area contributed by atoms with Crippen molar-refractivity contribution in [3.8, 4) is 0 Å². The Kier molecular flexibility index (Phi) is 7.22. The molecule has 1 aliphatic rings. The van der Waals surface area contributed by atoms with Crippen LogP contribution in [-0.4, -0.2) is 53.7 Å². The van der Waals surface area contributed by atoms with Gasteiger partial charge in [0, 0.05) is 0 Å². The second kappa shape index (κ2) is 8.19. The van der Waals surface area contributed by atoms with Crippen LogP contribution in [0.5, 0.6) is 0 Å². The summed E-state index contributed by atoms with van der Waals surface area (Å²) < 4.78 is 146. The van der Waals surface area contributed by atoms with Crippen LogP contribution >= 0.6 is 0 Å². The van der Waals surface area contributed by atoms with Crippen LogP contribution in [0.25, 0.3) is 0 Å². The minimum atomic E-state index is -7.20. The molecule has 166 valence electrons. The summed E-state index contributed by atoms with van der Waals surface area (Å²) in [6.07, 6.45) is -21.6. The van der Waals surface area contributed by atoms with Gasteiger partial charge < -0.3 is 9.84 Å². The molecule has 0 bridgehead atoms. The molecule has 0 amide bonds. The summed E-state index contributed by atoms with van der Waals surface area (Å²) in [6, 6.07) is 0. The highest BCUT2D eigenvalue weighted by molar-refractivity contribution is 5.75. The number of carbonyl (C=O) groups excluding carboxylic acids is 1. The van der Waals surface area contributed by atoms with Crippen LogP contribution in [0.4, 0.5) is 48.3 Å². The van der Waals surface area contributed by atoms with E-state index in [0.29, 0.717) is 19.3 Å². The van der Waals surface area contributed by atoms with Gasteiger partial charge in [0.1, 0.15) is 12.0 Å². The van der Waals surface area contributed by atoms with Crippen molar-refractivity contribution in [1.29, 1.82) is 0 Å². The van der Waals surface area contributed by atoms with E-state index in [9.17, 15) is 58.2 Å². The zero-order valence-electron chi connectivity index (χ0n) is 13.8. The van der Waals surface area contributed by atoms with E-state index < -0.39 is 54.5 Å². The Hall–Kier alpha value is -1.34. The first-order valence-corrected chi connectivity index (χ1v) is 7.86. The Bertz CT molecular complexity index is 538. The van der Waals surface area contributed by atoms with E-state index in [0.717, 1.165) is 0 Å². The third-order valence-electron chi connectivity index (χ3n) is 4.23. The van der Waals surface area contributed by atoms with Crippen LogP contribution in [0.2, 0.25) is 0 Å². The molecule has 1 fully saturated rings. The molecule has 0 aromatic carbocycles. The summed E-state index contributed by atoms with van der Waals surface area (Å²) >= 11 is 0. The number of rotatable bonds is 6. The molecular weight excluding hydrogens is 425 g/mol. The minimum absolute atomic E-state index is 0.135. The molecule has 0 heterocycles. The van der Waals surface area contributed by atoms with Gasteiger partial charge in [0.25, 0.3) is 0 Å². The van der Waals surface area contributed by atoms with Crippen molar-refractivity contribution in [2.24, 2.45) is 5.92 Å². The normalized spacial score (nSPS) is 21.1. The molecule has 3 unspecified atom stereocenters. The van der Waals surface area contributed by atoms with Crippen molar-refractivity contribution in [3.05, 3.63) is 0 Å². The monoisotopic (exact) mass is 440 g/mol. The third-order valence-corrected chi connectivity index (χ3v) is 4.23. The average molecular weight is 440 g/mol. The molecule has 0 radical (unpaired) electrons. The quantitative estimate of drug-likeness (QED) is 0.486. The molecule has 1 saturated carbocycles. The number of ether oxygens (including phenoxy) is 1. The lowest BCUT2D eigenvalue weighted by Crippen LogP contribution is -2.62. The van der Waals surface area contributed by atoms with Crippen LogP contribution in [0.3, 0.4) is 0 Å². The Morgan fingerprint density at radius 3 is 1.75 bits per heavy atom. The van der Waals surface area contributed by atoms with Crippen molar-refractivity contribution in [3.63, 3.8) is 0 Å². The molecule has 0 aromatic heterocycles. The maximum absolute atomic E-state index is 13.7. The van der Waals surface area contributed by atoms with Crippen molar-refractivity contribution in [2.75, 3.05) is 0 Å². The number of aliphatic hydroxyl groups excluding tert-OH is 1. The molecule has 0 spiro atoms. The van der Waals surface area contributed by atoms with Crippen molar-refractivity contribution in [2.45, 2.75) is 74.7 Å². The van der Waals surface area contributed by atoms with Crippen LogP contribution in [0, 0.1) is 5.92 Å². The van der Waals surface area contributed by atoms with E-state index in [4.69, 9.17) is 0 Å². The fourth-order valence-corrected chi connectivity index (χ4v) is 2.66. The Balaban J connectivity index is 3.14. The SMILES string of the molecule is O=C(OC1CCCCC1)C(O)C(C(F)C(F)(F)C(F)(F)C(F)(F)F)C(F)(F)F. The molecule has 28 heavy (non-hydrogen) atoms. The molecule has 3 atom stereocenters. The lowest BCUT2D eigenvalue weighted by atomic mass is 9.89. The minimum Gasteiger partial charge on any atom is -0.460 e. The highest BCUT2D eigenvalue weighted by atomic mass is 19.4. The third kappa shape index (κ3) is 4.98. The highest BCUT2D eigenvalue weighted by Crippen LogP contribution is 2.52. The number of hydrogen-bond acceptors (Lipinski definition) is 3.